The highest BCUT2D eigenvalue weighted by Crippen LogP contribution is 2.39. The van der Waals surface area contributed by atoms with Crippen LogP contribution in [0.2, 0.25) is 0 Å². The maximum Gasteiger partial charge on any atom is 0.269 e. The molecule has 0 spiro atoms. The summed E-state index contributed by atoms with van der Waals surface area (Å²) in [6.07, 6.45) is 0.413. The first-order valence-corrected chi connectivity index (χ1v) is 12.2. The first-order chi connectivity index (χ1) is 16.8. The summed E-state index contributed by atoms with van der Waals surface area (Å²) in [5.74, 6) is -0.475. The zero-order chi connectivity index (χ0) is 24.7. The second kappa shape index (κ2) is 9.54. The van der Waals surface area contributed by atoms with Crippen LogP contribution in [0.4, 0.5) is 15.8 Å². The Morgan fingerprint density at radius 3 is 2.49 bits per heavy atom. The standard InChI is InChI=1S/C26H31FN4O4/c1-17-13-29(14-18(2)35-17)26(32)23-12-20-11-22(31(33)34)7-8-24(20)30-10-9-28(16-25(23)30)15-19-3-5-21(27)6-4-19/h3-8,11,17-18,23,25H,9-10,12-16H2,1-2H3/t17-,18-,23-,25-/m1/s1. The molecule has 2 aromatic rings. The number of nitro groups is 1. The number of non-ortho nitro benzene ring substituents is 1. The van der Waals surface area contributed by atoms with Crippen LogP contribution in [0.15, 0.2) is 42.5 Å². The van der Waals surface area contributed by atoms with Crippen molar-refractivity contribution in [3.63, 3.8) is 0 Å². The van der Waals surface area contributed by atoms with Gasteiger partial charge in [0.05, 0.1) is 29.1 Å². The van der Waals surface area contributed by atoms with Gasteiger partial charge in [0.2, 0.25) is 5.91 Å². The van der Waals surface area contributed by atoms with Crippen molar-refractivity contribution in [3.05, 3.63) is 69.5 Å². The van der Waals surface area contributed by atoms with Crippen molar-refractivity contribution in [2.75, 3.05) is 37.6 Å². The monoisotopic (exact) mass is 482 g/mol. The molecule has 2 aromatic carbocycles. The number of anilines is 1. The Balaban J connectivity index is 1.43. The van der Waals surface area contributed by atoms with Crippen LogP contribution in [0.25, 0.3) is 0 Å². The van der Waals surface area contributed by atoms with Crippen LogP contribution in [-0.4, -0.2) is 71.6 Å². The number of ether oxygens (including phenoxy) is 1. The molecule has 0 aromatic heterocycles. The number of halogens is 1. The molecule has 0 bridgehead atoms. The van der Waals surface area contributed by atoms with Gasteiger partial charge in [-0.25, -0.2) is 4.39 Å². The normalized spacial score (nSPS) is 26.7. The molecule has 5 rings (SSSR count). The van der Waals surface area contributed by atoms with Crippen molar-refractivity contribution in [1.29, 1.82) is 0 Å². The summed E-state index contributed by atoms with van der Waals surface area (Å²) in [6.45, 7) is 7.94. The first-order valence-electron chi connectivity index (χ1n) is 12.2. The minimum Gasteiger partial charge on any atom is -0.372 e. The lowest BCUT2D eigenvalue weighted by Crippen LogP contribution is -2.62. The van der Waals surface area contributed by atoms with E-state index < -0.39 is 0 Å². The molecule has 3 aliphatic rings. The highest BCUT2D eigenvalue weighted by atomic mass is 19.1. The quantitative estimate of drug-likeness (QED) is 0.492. The maximum absolute atomic E-state index is 13.9. The number of rotatable bonds is 4. The molecule has 2 saturated heterocycles. The average molecular weight is 483 g/mol. The lowest BCUT2D eigenvalue weighted by atomic mass is 9.82. The molecule has 4 atom stereocenters. The smallest absolute Gasteiger partial charge is 0.269 e. The van der Waals surface area contributed by atoms with E-state index in [4.69, 9.17) is 4.74 Å². The molecule has 3 aliphatic heterocycles. The van der Waals surface area contributed by atoms with E-state index in [0.717, 1.165) is 29.9 Å². The van der Waals surface area contributed by atoms with Crippen LogP contribution in [0.5, 0.6) is 0 Å². The molecule has 1 amide bonds. The number of nitro benzene ring substituents is 1. The number of nitrogens with zero attached hydrogens (tertiary/aromatic N) is 4. The molecule has 0 N–H and O–H groups in total. The van der Waals surface area contributed by atoms with Crippen molar-refractivity contribution in [2.24, 2.45) is 5.92 Å². The van der Waals surface area contributed by atoms with E-state index in [-0.39, 0.29) is 46.5 Å². The minimum atomic E-state index is -0.380. The molecule has 2 fully saturated rings. The van der Waals surface area contributed by atoms with Gasteiger partial charge in [-0.2, -0.15) is 0 Å². The molecule has 0 saturated carbocycles. The Morgan fingerprint density at radius 2 is 1.80 bits per heavy atom. The Bertz CT molecular complexity index is 1100. The number of hydrogen-bond acceptors (Lipinski definition) is 6. The third kappa shape index (κ3) is 4.88. The molecule has 9 heteroatoms. The van der Waals surface area contributed by atoms with Crippen molar-refractivity contribution >= 4 is 17.3 Å². The van der Waals surface area contributed by atoms with Gasteiger partial charge < -0.3 is 14.5 Å². The van der Waals surface area contributed by atoms with E-state index in [2.05, 4.69) is 9.80 Å². The number of fused-ring (bicyclic) bond motifs is 3. The summed E-state index contributed by atoms with van der Waals surface area (Å²) in [5, 5.41) is 11.4. The van der Waals surface area contributed by atoms with Gasteiger partial charge >= 0.3 is 0 Å². The van der Waals surface area contributed by atoms with E-state index in [1.165, 1.54) is 12.1 Å². The highest BCUT2D eigenvalue weighted by Gasteiger charge is 2.44. The number of carbonyl (C=O) groups excluding carboxylic acids is 1. The summed E-state index contributed by atoms with van der Waals surface area (Å²) < 4.78 is 19.2. The molecular weight excluding hydrogens is 451 g/mol. The number of hydrogen-bond donors (Lipinski definition) is 0. The summed E-state index contributed by atoms with van der Waals surface area (Å²) in [5.41, 5.74) is 2.92. The van der Waals surface area contributed by atoms with Gasteiger partial charge in [-0.15, -0.1) is 0 Å². The second-order valence-electron chi connectivity index (χ2n) is 10.0. The fourth-order valence-corrected chi connectivity index (χ4v) is 5.85. The number of morpholine rings is 1. The van der Waals surface area contributed by atoms with Crippen LogP contribution < -0.4 is 4.90 Å². The topological polar surface area (TPSA) is 79.2 Å². The van der Waals surface area contributed by atoms with Gasteiger partial charge in [-0.1, -0.05) is 12.1 Å². The molecule has 35 heavy (non-hydrogen) atoms. The SMILES string of the molecule is C[C@@H]1CN(C(=O)[C@@H]2Cc3cc([N+](=O)[O-])ccc3N3CCN(Cc4ccc(F)cc4)C[C@H]23)C[C@@H](C)O1. The third-order valence-corrected chi connectivity index (χ3v) is 7.36. The first kappa shape index (κ1) is 23.7. The molecular formula is C26H31FN4O4. The number of carbonyl (C=O) groups is 1. The van der Waals surface area contributed by atoms with E-state index >= 15 is 0 Å². The van der Waals surface area contributed by atoms with Crippen molar-refractivity contribution in [3.8, 4) is 0 Å². The highest BCUT2D eigenvalue weighted by molar-refractivity contribution is 5.82. The second-order valence-corrected chi connectivity index (χ2v) is 10.0. The van der Waals surface area contributed by atoms with Gasteiger partial charge in [0.25, 0.3) is 5.69 Å². The molecule has 0 aliphatic carbocycles. The zero-order valence-electron chi connectivity index (χ0n) is 20.1. The largest absolute Gasteiger partial charge is 0.372 e. The van der Waals surface area contributed by atoms with Crippen LogP contribution in [0, 0.1) is 21.8 Å². The molecule has 0 radical (unpaired) electrons. The summed E-state index contributed by atoms with van der Waals surface area (Å²) >= 11 is 0. The predicted molar refractivity (Wildman–Crippen MR) is 130 cm³/mol. The lowest BCUT2D eigenvalue weighted by Gasteiger charge is -2.50. The van der Waals surface area contributed by atoms with E-state index in [1.807, 2.05) is 24.8 Å². The number of amides is 1. The number of piperazine rings is 1. The van der Waals surface area contributed by atoms with Gasteiger partial charge in [-0.3, -0.25) is 19.8 Å². The Hall–Kier alpha value is -3.04. The fourth-order valence-electron chi connectivity index (χ4n) is 5.85. The summed E-state index contributed by atoms with van der Waals surface area (Å²) in [7, 11) is 0. The molecule has 3 heterocycles. The number of benzene rings is 2. The van der Waals surface area contributed by atoms with Crippen LogP contribution in [0.3, 0.4) is 0 Å². The molecule has 8 nitrogen and oxygen atoms in total. The van der Waals surface area contributed by atoms with Gasteiger partial charge in [0, 0.05) is 57.1 Å². The van der Waals surface area contributed by atoms with Crippen molar-refractivity contribution in [1.82, 2.24) is 9.80 Å². The Morgan fingerprint density at radius 1 is 1.09 bits per heavy atom. The predicted octanol–water partition coefficient (Wildman–Crippen LogP) is 3.23. The Labute approximate surface area is 204 Å². The van der Waals surface area contributed by atoms with Crippen LogP contribution >= 0.6 is 0 Å². The zero-order valence-corrected chi connectivity index (χ0v) is 20.1. The van der Waals surface area contributed by atoms with Crippen LogP contribution in [-0.2, 0) is 22.5 Å². The maximum atomic E-state index is 13.9. The van der Waals surface area contributed by atoms with Gasteiger partial charge in [0.1, 0.15) is 5.82 Å². The lowest BCUT2D eigenvalue weighted by molar-refractivity contribution is -0.384. The fraction of sp³-hybridized carbons (Fsp3) is 0.500. The molecule has 186 valence electrons. The average Bonchev–Trinajstić information content (AvgIpc) is 2.83. The van der Waals surface area contributed by atoms with E-state index in [0.29, 0.717) is 32.6 Å². The minimum absolute atomic E-state index is 0.0305. The van der Waals surface area contributed by atoms with E-state index in [9.17, 15) is 19.3 Å². The van der Waals surface area contributed by atoms with Crippen molar-refractivity contribution < 1.29 is 18.8 Å². The van der Waals surface area contributed by atoms with Gasteiger partial charge in [0.15, 0.2) is 0 Å². The summed E-state index contributed by atoms with van der Waals surface area (Å²) in [4.78, 5) is 31.4. The van der Waals surface area contributed by atoms with Gasteiger partial charge in [-0.05, 0) is 49.6 Å². The molecule has 0 unspecified atom stereocenters. The van der Waals surface area contributed by atoms with Crippen LogP contribution in [0.1, 0.15) is 25.0 Å². The summed E-state index contributed by atoms with van der Waals surface area (Å²) in [6, 6.07) is 11.5. The van der Waals surface area contributed by atoms with E-state index in [1.54, 1.807) is 24.3 Å². The van der Waals surface area contributed by atoms with Crippen molar-refractivity contribution in [2.45, 2.75) is 45.1 Å². The third-order valence-electron chi connectivity index (χ3n) is 7.36. The Kier molecular flexibility index (Phi) is 6.46.